The third-order valence-corrected chi connectivity index (χ3v) is 8.65. The summed E-state index contributed by atoms with van der Waals surface area (Å²) in [4.78, 5) is 0. The van der Waals surface area contributed by atoms with Crippen molar-refractivity contribution in [3.8, 4) is 22.6 Å². The number of hydrogen-bond acceptors (Lipinski definition) is 4. The van der Waals surface area contributed by atoms with Gasteiger partial charge in [0, 0.05) is 11.1 Å². The highest BCUT2D eigenvalue weighted by atomic mass is 16.8. The van der Waals surface area contributed by atoms with Crippen molar-refractivity contribution in [3.63, 3.8) is 0 Å². The monoisotopic (exact) mass is 588 g/mol. The summed E-state index contributed by atoms with van der Waals surface area (Å²) in [6.45, 7) is 0. The van der Waals surface area contributed by atoms with Gasteiger partial charge < -0.3 is 18.9 Å². The van der Waals surface area contributed by atoms with Crippen molar-refractivity contribution in [1.82, 2.24) is 0 Å². The Morgan fingerprint density at radius 2 is 0.733 bits per heavy atom. The fraction of sp³-hybridized carbons (Fsp3) is 0.122. The smallest absolute Gasteiger partial charge is 0.224 e. The molecule has 1 heterocycles. The molecule has 1 saturated heterocycles. The summed E-state index contributed by atoms with van der Waals surface area (Å²) in [5.74, 6) is 0.354. The Morgan fingerprint density at radius 1 is 0.400 bits per heavy atom. The summed E-state index contributed by atoms with van der Waals surface area (Å²) < 4.78 is 28.5. The molecule has 0 saturated carbocycles. The lowest BCUT2D eigenvalue weighted by Gasteiger charge is -2.32. The van der Waals surface area contributed by atoms with Crippen LogP contribution < -0.4 is 9.47 Å². The van der Waals surface area contributed by atoms with Gasteiger partial charge in [0.25, 0.3) is 0 Å². The van der Waals surface area contributed by atoms with Crippen molar-refractivity contribution < 1.29 is 18.9 Å². The minimum atomic E-state index is -1.15. The minimum Gasteiger partial charge on any atom is -0.483 e. The zero-order chi connectivity index (χ0) is 30.1. The van der Waals surface area contributed by atoms with Gasteiger partial charge in [-0.2, -0.15) is 0 Å². The molecular weight excluding hydrogens is 556 g/mol. The molecule has 1 aliphatic heterocycles. The molecule has 1 aliphatic carbocycles. The zero-order valence-corrected chi connectivity index (χ0v) is 24.6. The Morgan fingerprint density at radius 3 is 1.13 bits per heavy atom. The second-order valence-electron chi connectivity index (χ2n) is 11.4. The number of fused-ring (bicyclic) bond motifs is 5. The van der Waals surface area contributed by atoms with Crippen molar-refractivity contribution in [3.05, 3.63) is 192 Å². The maximum atomic E-state index is 7.38. The van der Waals surface area contributed by atoms with E-state index in [0.717, 1.165) is 44.9 Å². The molecule has 45 heavy (non-hydrogen) atoms. The van der Waals surface area contributed by atoms with Gasteiger partial charge >= 0.3 is 0 Å². The van der Waals surface area contributed by atoms with E-state index in [-0.39, 0.29) is 0 Å². The Labute approximate surface area is 263 Å². The number of para-hydroxylation sites is 2. The Bertz CT molecular complexity index is 1740. The van der Waals surface area contributed by atoms with Crippen LogP contribution in [-0.2, 0) is 15.3 Å². The standard InChI is InChI=1S/C41H32O4/c1-5-17-29(18-6-1)37(42-31-21-9-3-10-22-31)39-40(38(30-19-7-2-8-20-30)43-32-23-11-4-12-24-32)45-41(44-39)35-27-15-13-25-33(35)34-26-14-16-28-36(34)41/h1-28,37-40H/t37?,38?,39-,40-/m0/s1. The topological polar surface area (TPSA) is 36.9 Å². The van der Waals surface area contributed by atoms with Crippen molar-refractivity contribution in [2.45, 2.75) is 30.2 Å². The summed E-state index contributed by atoms with van der Waals surface area (Å²) in [5, 5.41) is 0. The van der Waals surface area contributed by atoms with E-state index >= 15 is 0 Å². The van der Waals surface area contributed by atoms with E-state index < -0.39 is 30.2 Å². The molecule has 8 rings (SSSR count). The third kappa shape index (κ3) is 4.98. The SMILES string of the molecule is c1ccc(OC(c2ccccc2)[C@@H]2OC3(O[C@H]2C(Oc2ccccc2)c2ccccc2)c2ccccc2-c2ccccc23)cc1. The first kappa shape index (κ1) is 27.4. The summed E-state index contributed by atoms with van der Waals surface area (Å²) in [6, 6.07) is 57.1. The van der Waals surface area contributed by atoms with Crippen LogP contribution >= 0.6 is 0 Å². The van der Waals surface area contributed by atoms with Gasteiger partial charge in [0.1, 0.15) is 23.7 Å². The van der Waals surface area contributed by atoms with E-state index in [2.05, 4.69) is 60.7 Å². The Hall–Kier alpha value is -5.16. The molecule has 1 fully saturated rings. The molecule has 220 valence electrons. The van der Waals surface area contributed by atoms with Crippen LogP contribution in [-0.4, -0.2) is 12.2 Å². The van der Waals surface area contributed by atoms with Crippen molar-refractivity contribution in [2.24, 2.45) is 0 Å². The van der Waals surface area contributed by atoms with Crippen LogP contribution in [0.3, 0.4) is 0 Å². The van der Waals surface area contributed by atoms with Crippen LogP contribution in [0.4, 0.5) is 0 Å². The van der Waals surface area contributed by atoms with Gasteiger partial charge in [0.05, 0.1) is 0 Å². The fourth-order valence-electron chi connectivity index (χ4n) is 6.65. The highest BCUT2D eigenvalue weighted by Gasteiger charge is 2.59. The molecule has 0 radical (unpaired) electrons. The van der Waals surface area contributed by atoms with Crippen molar-refractivity contribution in [1.29, 1.82) is 0 Å². The first-order valence-corrected chi connectivity index (χ1v) is 15.4. The maximum absolute atomic E-state index is 7.38. The number of rotatable bonds is 8. The molecule has 0 aromatic heterocycles. The highest BCUT2D eigenvalue weighted by molar-refractivity contribution is 5.79. The second-order valence-corrected chi connectivity index (χ2v) is 11.4. The molecule has 0 N–H and O–H groups in total. The average Bonchev–Trinajstić information content (AvgIpc) is 3.64. The molecule has 0 bridgehead atoms. The summed E-state index contributed by atoms with van der Waals surface area (Å²) >= 11 is 0. The summed E-state index contributed by atoms with van der Waals surface area (Å²) in [6.07, 6.45) is -2.16. The van der Waals surface area contributed by atoms with Gasteiger partial charge in [0.15, 0.2) is 12.2 Å². The molecule has 6 aromatic carbocycles. The quantitative estimate of drug-likeness (QED) is 0.178. The largest absolute Gasteiger partial charge is 0.483 e. The fourth-order valence-corrected chi connectivity index (χ4v) is 6.65. The maximum Gasteiger partial charge on any atom is 0.224 e. The zero-order valence-electron chi connectivity index (χ0n) is 24.6. The summed E-state index contributed by atoms with van der Waals surface area (Å²) in [7, 11) is 0. The van der Waals surface area contributed by atoms with E-state index in [9.17, 15) is 0 Å². The number of benzene rings is 6. The highest BCUT2D eigenvalue weighted by Crippen LogP contribution is 2.57. The van der Waals surface area contributed by atoms with Gasteiger partial charge in [-0.05, 0) is 46.5 Å². The lowest BCUT2D eigenvalue weighted by molar-refractivity contribution is -0.160. The first-order valence-electron chi connectivity index (χ1n) is 15.4. The van der Waals surface area contributed by atoms with Crippen molar-refractivity contribution in [2.75, 3.05) is 0 Å². The van der Waals surface area contributed by atoms with Gasteiger partial charge in [-0.15, -0.1) is 0 Å². The first-order chi connectivity index (χ1) is 22.3. The molecule has 2 unspecified atom stereocenters. The number of hydrogen-bond donors (Lipinski definition) is 0. The van der Waals surface area contributed by atoms with E-state index in [1.165, 1.54) is 0 Å². The molecule has 4 heteroatoms. The third-order valence-electron chi connectivity index (χ3n) is 8.65. The van der Waals surface area contributed by atoms with Crippen LogP contribution in [0.2, 0.25) is 0 Å². The normalized spacial score (nSPS) is 18.9. The summed E-state index contributed by atoms with van der Waals surface area (Å²) in [5.41, 5.74) is 6.15. The van der Waals surface area contributed by atoms with Gasteiger partial charge in [-0.25, -0.2) is 0 Å². The lowest BCUT2D eigenvalue weighted by atomic mass is 9.93. The van der Waals surface area contributed by atoms with Gasteiger partial charge in [-0.3, -0.25) is 0 Å². The van der Waals surface area contributed by atoms with Crippen LogP contribution in [0.5, 0.6) is 11.5 Å². The molecule has 4 atom stereocenters. The average molecular weight is 589 g/mol. The molecule has 0 amide bonds. The van der Waals surface area contributed by atoms with Crippen LogP contribution in [0.15, 0.2) is 170 Å². The second kappa shape index (κ2) is 11.7. The molecule has 6 aromatic rings. The minimum absolute atomic E-state index is 0.511. The van der Waals surface area contributed by atoms with Crippen LogP contribution in [0.25, 0.3) is 11.1 Å². The predicted octanol–water partition coefficient (Wildman–Crippen LogP) is 9.29. The molecule has 4 nitrogen and oxygen atoms in total. The van der Waals surface area contributed by atoms with E-state index in [4.69, 9.17) is 18.9 Å². The van der Waals surface area contributed by atoms with Gasteiger partial charge in [-0.1, -0.05) is 146 Å². The molecule has 2 aliphatic rings. The van der Waals surface area contributed by atoms with Crippen molar-refractivity contribution >= 4 is 0 Å². The lowest BCUT2D eigenvalue weighted by Crippen LogP contribution is -2.38. The van der Waals surface area contributed by atoms with Gasteiger partial charge in [0.2, 0.25) is 5.79 Å². The Balaban J connectivity index is 1.33. The van der Waals surface area contributed by atoms with E-state index in [1.807, 2.05) is 109 Å². The predicted molar refractivity (Wildman–Crippen MR) is 175 cm³/mol. The Kier molecular flexibility index (Phi) is 7.14. The van der Waals surface area contributed by atoms with Crippen LogP contribution in [0, 0.1) is 0 Å². The van der Waals surface area contributed by atoms with E-state index in [0.29, 0.717) is 0 Å². The van der Waals surface area contributed by atoms with E-state index in [1.54, 1.807) is 0 Å². The number of ether oxygens (including phenoxy) is 4. The molecule has 1 spiro atoms. The molecular formula is C41H32O4. The van der Waals surface area contributed by atoms with Crippen LogP contribution in [0.1, 0.15) is 34.5 Å².